The molecule has 158 valence electrons. The zero-order chi connectivity index (χ0) is 21.8. The monoisotopic (exact) mass is 415 g/mol. The second-order valence-corrected chi connectivity index (χ2v) is 7.24. The molecule has 4 rings (SSSR count). The fourth-order valence-corrected chi connectivity index (χ4v) is 3.79. The number of methoxy groups -OCH3 is 2. The summed E-state index contributed by atoms with van der Waals surface area (Å²) < 4.78 is 12.8. The van der Waals surface area contributed by atoms with Crippen LogP contribution in [0.1, 0.15) is 18.9 Å². The Morgan fingerprint density at radius 3 is 2.13 bits per heavy atom. The number of hydrogen-bond acceptors (Lipinski definition) is 4. The maximum absolute atomic E-state index is 12.5. The van der Waals surface area contributed by atoms with Crippen molar-refractivity contribution in [1.82, 2.24) is 9.99 Å². The average molecular weight is 415 g/mol. The number of amides is 1. The first-order valence-corrected chi connectivity index (χ1v) is 10.1. The minimum Gasteiger partial charge on any atom is -0.493 e. The summed E-state index contributed by atoms with van der Waals surface area (Å²) in [4.78, 5) is 12.5. The van der Waals surface area contributed by atoms with Crippen LogP contribution in [0.15, 0.2) is 71.8 Å². The van der Waals surface area contributed by atoms with E-state index in [1.807, 2.05) is 49.4 Å². The van der Waals surface area contributed by atoms with Gasteiger partial charge in [-0.3, -0.25) is 4.79 Å². The Kier molecular flexibility index (Phi) is 5.89. The summed E-state index contributed by atoms with van der Waals surface area (Å²) in [5.41, 5.74) is 6.46. The third-order valence-electron chi connectivity index (χ3n) is 5.39. The van der Waals surface area contributed by atoms with Gasteiger partial charge in [0.2, 0.25) is 5.91 Å². The van der Waals surface area contributed by atoms with Gasteiger partial charge in [0.1, 0.15) is 0 Å². The predicted molar refractivity (Wildman–Crippen MR) is 124 cm³/mol. The second-order valence-electron chi connectivity index (χ2n) is 7.24. The highest BCUT2D eigenvalue weighted by molar-refractivity contribution is 6.08. The number of aryl methyl sites for hydroxylation is 1. The van der Waals surface area contributed by atoms with Crippen LogP contribution in [0.2, 0.25) is 0 Å². The number of aromatic nitrogens is 1. The molecule has 0 fully saturated rings. The first-order valence-electron chi connectivity index (χ1n) is 10.1. The summed E-state index contributed by atoms with van der Waals surface area (Å²) in [6.07, 6.45) is 0.325. The van der Waals surface area contributed by atoms with Gasteiger partial charge in [0.15, 0.2) is 11.5 Å². The molecule has 0 unspecified atom stereocenters. The largest absolute Gasteiger partial charge is 0.493 e. The molecular formula is C25H25N3O3. The van der Waals surface area contributed by atoms with Crippen molar-refractivity contribution in [2.45, 2.75) is 19.9 Å². The van der Waals surface area contributed by atoms with Crippen molar-refractivity contribution in [3.63, 3.8) is 0 Å². The summed E-state index contributed by atoms with van der Waals surface area (Å²) >= 11 is 0. The van der Waals surface area contributed by atoms with E-state index in [4.69, 9.17) is 9.47 Å². The molecule has 6 nitrogen and oxygen atoms in total. The Balaban J connectivity index is 1.47. The van der Waals surface area contributed by atoms with Crippen molar-refractivity contribution in [2.24, 2.45) is 5.10 Å². The molecule has 31 heavy (non-hydrogen) atoms. The van der Waals surface area contributed by atoms with Gasteiger partial charge in [-0.15, -0.1) is 0 Å². The number of nitrogens with one attached hydrogen (secondary N) is 1. The van der Waals surface area contributed by atoms with E-state index in [0.717, 1.165) is 16.6 Å². The van der Waals surface area contributed by atoms with Crippen LogP contribution in [0, 0.1) is 0 Å². The van der Waals surface area contributed by atoms with E-state index in [1.54, 1.807) is 14.2 Å². The van der Waals surface area contributed by atoms with Gasteiger partial charge in [0.25, 0.3) is 0 Å². The third-order valence-corrected chi connectivity index (χ3v) is 5.39. The summed E-state index contributed by atoms with van der Waals surface area (Å²) in [6.45, 7) is 2.42. The zero-order valence-electron chi connectivity index (χ0n) is 17.9. The van der Waals surface area contributed by atoms with Gasteiger partial charge in [-0.1, -0.05) is 36.4 Å². The summed E-state index contributed by atoms with van der Waals surface area (Å²) in [5.74, 6) is 1.13. The van der Waals surface area contributed by atoms with E-state index < -0.39 is 0 Å². The van der Waals surface area contributed by atoms with Gasteiger partial charge in [-0.05, 0) is 37.3 Å². The Morgan fingerprint density at radius 2 is 1.52 bits per heavy atom. The smallest absolute Gasteiger partial charge is 0.241 e. The number of carbonyl (C=O) groups is 1. The van der Waals surface area contributed by atoms with Crippen LogP contribution in [-0.4, -0.2) is 30.4 Å². The molecule has 1 aromatic heterocycles. The Labute approximate surface area is 181 Å². The molecule has 1 N–H and O–H groups in total. The van der Waals surface area contributed by atoms with E-state index in [-0.39, 0.29) is 5.91 Å². The van der Waals surface area contributed by atoms with E-state index in [0.29, 0.717) is 30.2 Å². The number of para-hydroxylation sites is 2. The van der Waals surface area contributed by atoms with E-state index in [2.05, 4.69) is 39.4 Å². The van der Waals surface area contributed by atoms with Crippen molar-refractivity contribution in [1.29, 1.82) is 0 Å². The highest BCUT2D eigenvalue weighted by Gasteiger charge is 2.11. The van der Waals surface area contributed by atoms with Gasteiger partial charge in [0, 0.05) is 40.3 Å². The van der Waals surface area contributed by atoms with E-state index in [1.165, 1.54) is 10.8 Å². The summed E-state index contributed by atoms with van der Waals surface area (Å²) in [6, 6.07) is 22.1. The quantitative estimate of drug-likeness (QED) is 0.350. The van der Waals surface area contributed by atoms with Crippen LogP contribution in [0.25, 0.3) is 21.8 Å². The molecule has 1 heterocycles. The molecular weight excluding hydrogens is 390 g/mol. The van der Waals surface area contributed by atoms with Gasteiger partial charge in [-0.25, -0.2) is 5.43 Å². The minimum atomic E-state index is -0.137. The van der Waals surface area contributed by atoms with Crippen LogP contribution in [-0.2, 0) is 11.3 Å². The normalized spacial score (nSPS) is 11.6. The number of hydrazone groups is 1. The van der Waals surface area contributed by atoms with Crippen molar-refractivity contribution in [2.75, 3.05) is 14.2 Å². The number of hydrogen-bond donors (Lipinski definition) is 1. The van der Waals surface area contributed by atoms with Gasteiger partial charge < -0.3 is 14.0 Å². The average Bonchev–Trinajstić information content (AvgIpc) is 3.14. The maximum Gasteiger partial charge on any atom is 0.241 e. The fraction of sp³-hybridized carbons (Fsp3) is 0.200. The molecule has 6 heteroatoms. The maximum atomic E-state index is 12.5. The molecule has 0 saturated carbocycles. The summed E-state index contributed by atoms with van der Waals surface area (Å²) in [5, 5.41) is 6.65. The molecule has 3 aromatic carbocycles. The Bertz CT molecular complexity index is 1220. The van der Waals surface area contributed by atoms with E-state index >= 15 is 0 Å². The van der Waals surface area contributed by atoms with Crippen molar-refractivity contribution in [3.05, 3.63) is 72.3 Å². The summed E-state index contributed by atoms with van der Waals surface area (Å²) in [7, 11) is 3.18. The van der Waals surface area contributed by atoms with Crippen molar-refractivity contribution >= 4 is 33.4 Å². The molecule has 0 aliphatic carbocycles. The highest BCUT2D eigenvalue weighted by atomic mass is 16.5. The van der Waals surface area contributed by atoms with Crippen LogP contribution in [0.4, 0.5) is 0 Å². The molecule has 0 spiro atoms. The standard InChI is InChI=1S/C25H25N3O3/c1-17(18-12-13-23(30-2)24(16-18)31-3)26-27-25(29)14-15-28-21-10-6-4-8-19(21)20-9-5-7-11-22(20)28/h4-13,16H,14-15H2,1-3H3,(H,27,29)/b26-17-. The number of nitrogens with zero attached hydrogens (tertiary/aromatic N) is 2. The number of rotatable bonds is 7. The Hall–Kier alpha value is -3.80. The molecule has 0 saturated heterocycles. The topological polar surface area (TPSA) is 64.8 Å². The molecule has 0 aliphatic heterocycles. The molecule has 0 atom stereocenters. The highest BCUT2D eigenvalue weighted by Crippen LogP contribution is 2.29. The molecule has 4 aromatic rings. The van der Waals surface area contributed by atoms with Crippen LogP contribution >= 0.6 is 0 Å². The van der Waals surface area contributed by atoms with E-state index in [9.17, 15) is 4.79 Å². The van der Waals surface area contributed by atoms with Crippen LogP contribution in [0.5, 0.6) is 11.5 Å². The SMILES string of the molecule is COc1ccc(/C(C)=N\NC(=O)CCn2c3ccccc3c3ccccc32)cc1OC. The van der Waals surface area contributed by atoms with Crippen molar-refractivity contribution < 1.29 is 14.3 Å². The third kappa shape index (κ3) is 4.10. The lowest BCUT2D eigenvalue weighted by atomic mass is 10.1. The predicted octanol–water partition coefficient (Wildman–Crippen LogP) is 4.74. The lowest BCUT2D eigenvalue weighted by Crippen LogP contribution is -2.20. The first-order chi connectivity index (χ1) is 15.1. The number of carbonyl (C=O) groups excluding carboxylic acids is 1. The lowest BCUT2D eigenvalue weighted by Gasteiger charge is -2.10. The second kappa shape index (κ2) is 8.92. The Morgan fingerprint density at radius 1 is 0.903 bits per heavy atom. The number of benzene rings is 3. The van der Waals surface area contributed by atoms with Gasteiger partial charge in [0.05, 0.1) is 19.9 Å². The zero-order valence-corrected chi connectivity index (χ0v) is 17.9. The minimum absolute atomic E-state index is 0.137. The van der Waals surface area contributed by atoms with Gasteiger partial charge in [-0.2, -0.15) is 5.10 Å². The molecule has 1 amide bonds. The molecule has 0 radical (unpaired) electrons. The lowest BCUT2D eigenvalue weighted by molar-refractivity contribution is -0.121. The number of ether oxygens (including phenoxy) is 2. The molecule has 0 aliphatic rings. The van der Waals surface area contributed by atoms with Crippen molar-refractivity contribution in [3.8, 4) is 11.5 Å². The van der Waals surface area contributed by atoms with Crippen LogP contribution in [0.3, 0.4) is 0 Å². The molecule has 0 bridgehead atoms. The van der Waals surface area contributed by atoms with Crippen LogP contribution < -0.4 is 14.9 Å². The first kappa shape index (κ1) is 20.5. The number of fused-ring (bicyclic) bond motifs is 3. The van der Waals surface area contributed by atoms with Gasteiger partial charge >= 0.3 is 0 Å². The fourth-order valence-electron chi connectivity index (χ4n) is 3.79.